The fraction of sp³-hybridized carbons (Fsp3) is 0.500. The second-order valence-electron chi connectivity index (χ2n) is 3.85. The minimum atomic E-state index is -0.640. The van der Waals surface area contributed by atoms with Crippen molar-refractivity contribution in [2.75, 3.05) is 20.3 Å². The highest BCUT2D eigenvalue weighted by Gasteiger charge is 2.12. The molecule has 0 aliphatic carbocycles. The summed E-state index contributed by atoms with van der Waals surface area (Å²) in [6.45, 7) is -0.198. The van der Waals surface area contributed by atoms with Crippen molar-refractivity contribution in [2.24, 2.45) is 0 Å². The maximum atomic E-state index is 13.6. The number of aliphatic hydroxyl groups is 2. The first-order chi connectivity index (χ1) is 8.62. The number of hydrogen-bond acceptors (Lipinski definition) is 4. The first-order valence-electron chi connectivity index (χ1n) is 5.59. The van der Waals surface area contributed by atoms with Crippen LogP contribution < -0.4 is 10.1 Å². The summed E-state index contributed by atoms with van der Waals surface area (Å²) in [7, 11) is 1.26. The van der Waals surface area contributed by atoms with E-state index in [1.54, 1.807) is 0 Å². The monoisotopic (exact) mass is 261 g/mol. The molecule has 18 heavy (non-hydrogen) atoms. The van der Waals surface area contributed by atoms with Crippen molar-refractivity contribution in [3.8, 4) is 5.75 Å². The van der Waals surface area contributed by atoms with Gasteiger partial charge in [0.25, 0.3) is 0 Å². The minimum Gasteiger partial charge on any atom is -0.494 e. The molecule has 1 rings (SSSR count). The molecule has 0 saturated carbocycles. The summed E-state index contributed by atoms with van der Waals surface area (Å²) >= 11 is 0. The van der Waals surface area contributed by atoms with Crippen molar-refractivity contribution < 1.29 is 23.7 Å². The summed E-state index contributed by atoms with van der Waals surface area (Å²) < 4.78 is 31.6. The molecular weight excluding hydrogens is 244 g/mol. The zero-order valence-corrected chi connectivity index (χ0v) is 10.1. The fourth-order valence-electron chi connectivity index (χ4n) is 1.53. The Bertz CT molecular complexity index is 388. The minimum absolute atomic E-state index is 0.0674. The van der Waals surface area contributed by atoms with Crippen molar-refractivity contribution in [3.63, 3.8) is 0 Å². The van der Waals surface area contributed by atoms with E-state index in [-0.39, 0.29) is 37.1 Å². The molecule has 0 aliphatic heterocycles. The largest absolute Gasteiger partial charge is 0.494 e. The Hall–Kier alpha value is -1.24. The lowest BCUT2D eigenvalue weighted by Crippen LogP contribution is -2.33. The lowest BCUT2D eigenvalue weighted by molar-refractivity contribution is 0.199. The normalized spacial score (nSPS) is 12.5. The first kappa shape index (κ1) is 14.8. The molecule has 0 amide bonds. The van der Waals surface area contributed by atoms with Crippen LogP contribution in [0.5, 0.6) is 5.75 Å². The van der Waals surface area contributed by atoms with Gasteiger partial charge in [0.15, 0.2) is 11.6 Å². The molecule has 4 nitrogen and oxygen atoms in total. The van der Waals surface area contributed by atoms with E-state index in [0.717, 1.165) is 12.1 Å². The number of benzene rings is 1. The summed E-state index contributed by atoms with van der Waals surface area (Å²) in [5.41, 5.74) is 0.143. The fourth-order valence-corrected chi connectivity index (χ4v) is 1.53. The zero-order valence-electron chi connectivity index (χ0n) is 10.1. The Labute approximate surface area is 104 Å². The molecule has 0 heterocycles. The van der Waals surface area contributed by atoms with Crippen LogP contribution in [-0.4, -0.2) is 36.6 Å². The maximum absolute atomic E-state index is 13.6. The molecular formula is C12H17F2NO3. The van der Waals surface area contributed by atoms with Gasteiger partial charge in [-0.15, -0.1) is 0 Å². The topological polar surface area (TPSA) is 61.7 Å². The van der Waals surface area contributed by atoms with Crippen LogP contribution in [0.15, 0.2) is 12.1 Å². The lowest BCUT2D eigenvalue weighted by atomic mass is 10.1. The molecule has 0 aromatic heterocycles. The third-order valence-corrected chi connectivity index (χ3v) is 2.60. The van der Waals surface area contributed by atoms with Gasteiger partial charge in [0.05, 0.1) is 13.7 Å². The highest BCUT2D eigenvalue weighted by Crippen LogP contribution is 2.21. The van der Waals surface area contributed by atoms with E-state index in [2.05, 4.69) is 10.1 Å². The standard InChI is InChI=1S/C12H17F2NO3/c1-18-12-5-10(13)8(4-11(12)14)6-15-9(7-17)2-3-16/h4-5,9,15-17H,2-3,6-7H2,1H3. The molecule has 0 saturated heterocycles. The van der Waals surface area contributed by atoms with E-state index < -0.39 is 11.6 Å². The summed E-state index contributed by atoms with van der Waals surface area (Å²) in [5, 5.41) is 20.5. The average molecular weight is 261 g/mol. The molecule has 1 unspecified atom stereocenters. The average Bonchev–Trinajstić information content (AvgIpc) is 2.37. The molecule has 102 valence electrons. The van der Waals surface area contributed by atoms with Gasteiger partial charge in [-0.1, -0.05) is 0 Å². The van der Waals surface area contributed by atoms with Crippen LogP contribution in [0.4, 0.5) is 8.78 Å². The second-order valence-corrected chi connectivity index (χ2v) is 3.85. The molecule has 0 radical (unpaired) electrons. The second kappa shape index (κ2) is 7.25. The van der Waals surface area contributed by atoms with Gasteiger partial charge >= 0.3 is 0 Å². The summed E-state index contributed by atoms with van der Waals surface area (Å²) in [6.07, 6.45) is 0.344. The molecule has 3 N–H and O–H groups in total. The van der Waals surface area contributed by atoms with E-state index in [4.69, 9.17) is 10.2 Å². The molecule has 1 aromatic carbocycles. The summed E-state index contributed by atoms with van der Waals surface area (Å²) in [6, 6.07) is 1.68. The number of aliphatic hydroxyl groups excluding tert-OH is 2. The Kier molecular flexibility index (Phi) is 5.97. The molecule has 1 atom stereocenters. The smallest absolute Gasteiger partial charge is 0.165 e. The van der Waals surface area contributed by atoms with Gasteiger partial charge in [0.1, 0.15) is 5.82 Å². The predicted molar refractivity (Wildman–Crippen MR) is 62.3 cm³/mol. The maximum Gasteiger partial charge on any atom is 0.165 e. The van der Waals surface area contributed by atoms with Gasteiger partial charge in [0, 0.05) is 30.8 Å². The molecule has 0 spiro atoms. The Morgan fingerprint density at radius 3 is 2.56 bits per heavy atom. The number of ether oxygens (including phenoxy) is 1. The van der Waals surface area contributed by atoms with E-state index in [1.807, 2.05) is 0 Å². The number of nitrogens with one attached hydrogen (secondary N) is 1. The van der Waals surface area contributed by atoms with Crippen molar-refractivity contribution in [3.05, 3.63) is 29.3 Å². The summed E-state index contributed by atoms with van der Waals surface area (Å²) in [5.74, 6) is -1.37. The quantitative estimate of drug-likeness (QED) is 0.679. The van der Waals surface area contributed by atoms with Gasteiger partial charge in [-0.25, -0.2) is 8.78 Å². The lowest BCUT2D eigenvalue weighted by Gasteiger charge is -2.15. The van der Waals surface area contributed by atoms with Crippen LogP contribution in [0.2, 0.25) is 0 Å². The summed E-state index contributed by atoms with van der Waals surface area (Å²) in [4.78, 5) is 0. The van der Waals surface area contributed by atoms with E-state index in [1.165, 1.54) is 7.11 Å². The first-order valence-corrected chi connectivity index (χ1v) is 5.59. The number of methoxy groups -OCH3 is 1. The zero-order chi connectivity index (χ0) is 13.5. The SMILES string of the molecule is COc1cc(F)c(CNC(CO)CCO)cc1F. The third-order valence-electron chi connectivity index (χ3n) is 2.60. The van der Waals surface area contributed by atoms with E-state index in [9.17, 15) is 8.78 Å². The number of rotatable bonds is 7. The highest BCUT2D eigenvalue weighted by molar-refractivity contribution is 5.30. The number of halogens is 2. The van der Waals surface area contributed by atoms with Crippen molar-refractivity contribution in [2.45, 2.75) is 19.0 Å². The van der Waals surface area contributed by atoms with Crippen LogP contribution in [0.25, 0.3) is 0 Å². The Balaban J connectivity index is 2.70. The van der Waals surface area contributed by atoms with Gasteiger partial charge in [-0.2, -0.15) is 0 Å². The van der Waals surface area contributed by atoms with E-state index in [0.29, 0.717) is 6.42 Å². The molecule has 0 fully saturated rings. The van der Waals surface area contributed by atoms with Gasteiger partial charge in [-0.3, -0.25) is 0 Å². The third kappa shape index (κ3) is 3.90. The van der Waals surface area contributed by atoms with Crippen LogP contribution in [0.1, 0.15) is 12.0 Å². The predicted octanol–water partition coefficient (Wildman–Crippen LogP) is 0.806. The number of hydrogen-bond donors (Lipinski definition) is 3. The molecule has 0 aliphatic rings. The van der Waals surface area contributed by atoms with Crippen molar-refractivity contribution in [1.82, 2.24) is 5.32 Å². The Morgan fingerprint density at radius 2 is 2.00 bits per heavy atom. The van der Waals surface area contributed by atoms with Crippen LogP contribution >= 0.6 is 0 Å². The molecule has 6 heteroatoms. The van der Waals surface area contributed by atoms with Crippen LogP contribution in [-0.2, 0) is 6.54 Å². The van der Waals surface area contributed by atoms with Crippen LogP contribution in [0.3, 0.4) is 0 Å². The Morgan fingerprint density at radius 1 is 1.28 bits per heavy atom. The van der Waals surface area contributed by atoms with Crippen LogP contribution in [0, 0.1) is 11.6 Å². The van der Waals surface area contributed by atoms with Crippen molar-refractivity contribution in [1.29, 1.82) is 0 Å². The molecule has 0 bridgehead atoms. The highest BCUT2D eigenvalue weighted by atomic mass is 19.1. The van der Waals surface area contributed by atoms with Gasteiger partial charge < -0.3 is 20.3 Å². The van der Waals surface area contributed by atoms with Gasteiger partial charge in [-0.05, 0) is 12.5 Å². The van der Waals surface area contributed by atoms with Gasteiger partial charge in [0.2, 0.25) is 0 Å². The van der Waals surface area contributed by atoms with Crippen molar-refractivity contribution >= 4 is 0 Å². The molecule has 1 aromatic rings. The van der Waals surface area contributed by atoms with E-state index >= 15 is 0 Å².